The molecule has 2 heterocycles. The predicted molar refractivity (Wildman–Crippen MR) is 119 cm³/mol. The van der Waals surface area contributed by atoms with Gasteiger partial charge >= 0.3 is 0 Å². The van der Waals surface area contributed by atoms with Gasteiger partial charge in [-0.1, -0.05) is 58.0 Å². The first kappa shape index (κ1) is 23.4. The van der Waals surface area contributed by atoms with Crippen molar-refractivity contribution in [1.82, 2.24) is 25.1 Å². The van der Waals surface area contributed by atoms with Crippen LogP contribution in [0.2, 0.25) is 51.4 Å². The number of anilines is 1. The molecule has 2 aromatic heterocycles. The quantitative estimate of drug-likeness (QED) is 0.415. The summed E-state index contributed by atoms with van der Waals surface area (Å²) in [6.07, 6.45) is 1.38. The molecule has 0 aliphatic carbocycles. The molecule has 0 fully saturated rings. The average Bonchev–Trinajstić information content (AvgIpc) is 2.99. The Morgan fingerprint density at radius 2 is 1.69 bits per heavy atom. The van der Waals surface area contributed by atoms with Crippen LogP contribution in [0.3, 0.4) is 0 Å². The van der Waals surface area contributed by atoms with E-state index in [1.54, 1.807) is 0 Å². The summed E-state index contributed by atoms with van der Waals surface area (Å²) in [6.45, 7) is 18.3. The minimum absolute atomic E-state index is 0.185. The van der Waals surface area contributed by atoms with E-state index in [4.69, 9.17) is 9.68 Å². The number of hydrogen-bond donors (Lipinski definition) is 0. The van der Waals surface area contributed by atoms with Gasteiger partial charge in [0.25, 0.3) is 5.91 Å². The van der Waals surface area contributed by atoms with Crippen LogP contribution < -0.4 is 9.90 Å². The maximum Gasteiger partial charge on any atom is 0.254 e. The van der Waals surface area contributed by atoms with Crippen LogP contribution in [0.15, 0.2) is 6.33 Å². The van der Waals surface area contributed by atoms with Gasteiger partial charge in [0, 0.05) is 22.1 Å². The largest absolute Gasteiger partial charge is 0.394 e. The van der Waals surface area contributed by atoms with Crippen LogP contribution in [0.4, 0.5) is 5.82 Å². The molecule has 9 nitrogen and oxygen atoms in total. The zero-order chi connectivity index (χ0) is 21.8. The zero-order valence-electron chi connectivity index (χ0n) is 18.9. The van der Waals surface area contributed by atoms with Gasteiger partial charge in [0.15, 0.2) is 11.3 Å². The molecule has 0 saturated heterocycles. The van der Waals surface area contributed by atoms with Gasteiger partial charge < -0.3 is 4.84 Å². The van der Waals surface area contributed by atoms with Crippen molar-refractivity contribution in [3.05, 3.63) is 6.33 Å². The van der Waals surface area contributed by atoms with Crippen molar-refractivity contribution < 1.29 is 14.5 Å². The van der Waals surface area contributed by atoms with Crippen molar-refractivity contribution >= 4 is 39.0 Å². The minimum Gasteiger partial charge on any atom is -0.394 e. The molecule has 2 aromatic rings. The number of rotatable bonds is 10. The van der Waals surface area contributed by atoms with Crippen molar-refractivity contribution in [2.24, 2.45) is 5.92 Å². The third-order valence-electron chi connectivity index (χ3n) is 4.22. The van der Waals surface area contributed by atoms with Crippen molar-refractivity contribution in [3.8, 4) is 0 Å². The van der Waals surface area contributed by atoms with Crippen molar-refractivity contribution in [2.45, 2.75) is 65.2 Å². The fourth-order valence-electron chi connectivity index (χ4n) is 2.30. The number of carbonyl (C=O) groups excluding carboxylic acids is 1. The molecule has 11 heteroatoms. The Kier molecular flexibility index (Phi) is 7.52. The molecule has 0 spiro atoms. The van der Waals surface area contributed by atoms with Crippen LogP contribution in [0.25, 0.3) is 11.2 Å². The molecule has 29 heavy (non-hydrogen) atoms. The molecule has 0 radical (unpaired) electrons. The van der Waals surface area contributed by atoms with Gasteiger partial charge in [0.05, 0.1) is 6.61 Å². The molecule has 0 unspecified atom stereocenters. The van der Waals surface area contributed by atoms with E-state index in [1.165, 1.54) is 16.2 Å². The molecule has 0 atom stereocenters. The molecule has 2 rings (SSSR count). The highest BCUT2D eigenvalue weighted by Gasteiger charge is 2.27. The summed E-state index contributed by atoms with van der Waals surface area (Å²) in [6, 6.07) is 1.92. The number of fused-ring (bicyclic) bond motifs is 1. The van der Waals surface area contributed by atoms with E-state index >= 15 is 0 Å². The van der Waals surface area contributed by atoms with E-state index in [-0.39, 0.29) is 11.8 Å². The van der Waals surface area contributed by atoms with Crippen molar-refractivity contribution in [1.29, 1.82) is 0 Å². The number of carbonyl (C=O) groups is 1. The van der Waals surface area contributed by atoms with Crippen LogP contribution in [0, 0.1) is 5.92 Å². The summed E-state index contributed by atoms with van der Waals surface area (Å²) < 4.78 is 0. The maximum absolute atomic E-state index is 12.8. The van der Waals surface area contributed by atoms with Crippen molar-refractivity contribution in [2.75, 3.05) is 18.3 Å². The Morgan fingerprint density at radius 1 is 1.07 bits per heavy atom. The number of aromatic nitrogens is 5. The third-order valence-corrected chi connectivity index (χ3v) is 7.62. The lowest BCUT2D eigenvalue weighted by molar-refractivity contribution is -0.128. The van der Waals surface area contributed by atoms with E-state index in [1.807, 2.05) is 13.8 Å². The summed E-state index contributed by atoms with van der Waals surface area (Å²) in [4.78, 5) is 34.3. The Labute approximate surface area is 174 Å². The van der Waals surface area contributed by atoms with E-state index in [0.29, 0.717) is 30.2 Å². The maximum atomic E-state index is 12.8. The Morgan fingerprint density at radius 3 is 2.28 bits per heavy atom. The zero-order valence-corrected chi connectivity index (χ0v) is 20.9. The Hall–Kier alpha value is -1.86. The van der Waals surface area contributed by atoms with Gasteiger partial charge in [0.1, 0.15) is 12.9 Å². The molecule has 0 aliphatic rings. The molecule has 162 valence electrons. The summed E-state index contributed by atoms with van der Waals surface area (Å²) >= 11 is 0. The molecular weight excluding hydrogens is 404 g/mol. The van der Waals surface area contributed by atoms with Gasteiger partial charge in [-0.2, -0.15) is 5.06 Å². The third kappa shape index (κ3) is 6.86. The molecule has 0 aromatic carbocycles. The first-order chi connectivity index (χ1) is 13.4. The summed E-state index contributed by atoms with van der Waals surface area (Å²) in [5.41, 5.74) is 0.795. The fourth-order valence-corrected chi connectivity index (χ4v) is 3.71. The normalized spacial score (nSPS) is 12.6. The van der Waals surface area contributed by atoms with Gasteiger partial charge in [-0.15, -0.1) is 5.10 Å². The SMILES string of the molecule is CC(C)C(=O)N(OCC[Si](C)(C)C)c1ncnc2c1nnn2OCC[Si](C)(C)C. The van der Waals surface area contributed by atoms with Gasteiger partial charge in [-0.25, -0.2) is 9.97 Å². The lowest BCUT2D eigenvalue weighted by Gasteiger charge is -2.24. The van der Waals surface area contributed by atoms with Crippen LogP contribution in [0.5, 0.6) is 0 Å². The number of nitrogens with zero attached hydrogens (tertiary/aromatic N) is 6. The first-order valence-electron chi connectivity index (χ1n) is 10.1. The highest BCUT2D eigenvalue weighted by Crippen LogP contribution is 2.23. The van der Waals surface area contributed by atoms with Crippen LogP contribution in [-0.2, 0) is 9.63 Å². The van der Waals surface area contributed by atoms with E-state index in [0.717, 1.165) is 12.1 Å². The second-order valence-corrected chi connectivity index (χ2v) is 21.1. The standard InChI is InChI=1S/C18H34N6O3Si2/c1-14(2)18(25)23(26-9-11-28(3,4)5)16-15-17(20-13-19-16)24(22-21-15)27-10-12-29(6,7)8/h13-14H,9-12H2,1-8H3. The van der Waals surface area contributed by atoms with Crippen molar-refractivity contribution in [3.63, 3.8) is 0 Å². The first-order valence-corrected chi connectivity index (χ1v) is 17.5. The molecule has 1 amide bonds. The second kappa shape index (κ2) is 9.31. The van der Waals surface area contributed by atoms with E-state index in [9.17, 15) is 4.79 Å². The van der Waals surface area contributed by atoms with E-state index < -0.39 is 16.1 Å². The highest BCUT2D eigenvalue weighted by atomic mass is 28.3. The van der Waals surface area contributed by atoms with Crippen LogP contribution >= 0.6 is 0 Å². The number of amides is 1. The smallest absolute Gasteiger partial charge is 0.254 e. The Balaban J connectivity index is 2.28. The van der Waals surface area contributed by atoms with Gasteiger partial charge in [0.2, 0.25) is 5.65 Å². The highest BCUT2D eigenvalue weighted by molar-refractivity contribution is 6.76. The number of hydrogen-bond acceptors (Lipinski definition) is 7. The Bertz CT molecular complexity index is 829. The molecule has 0 bridgehead atoms. The predicted octanol–water partition coefficient (Wildman–Crippen LogP) is 3.25. The van der Waals surface area contributed by atoms with Crippen LogP contribution in [0.1, 0.15) is 13.8 Å². The lowest BCUT2D eigenvalue weighted by Crippen LogP contribution is -2.37. The summed E-state index contributed by atoms with van der Waals surface area (Å²) in [7, 11) is -2.55. The van der Waals surface area contributed by atoms with Gasteiger partial charge in [-0.05, 0) is 17.3 Å². The number of hydroxylamine groups is 1. The molecule has 0 aliphatic heterocycles. The second-order valence-electron chi connectivity index (χ2n) is 9.91. The summed E-state index contributed by atoms with van der Waals surface area (Å²) in [5.74, 6) is -0.144. The average molecular weight is 439 g/mol. The fraction of sp³-hybridized carbons (Fsp3) is 0.722. The molecule has 0 saturated carbocycles. The minimum atomic E-state index is -1.31. The topological polar surface area (TPSA) is 95.3 Å². The molecule has 0 N–H and O–H groups in total. The van der Waals surface area contributed by atoms with E-state index in [2.05, 4.69) is 59.6 Å². The lowest BCUT2D eigenvalue weighted by atomic mass is 10.2. The monoisotopic (exact) mass is 438 g/mol. The molecular formula is C18H34N6O3Si2. The van der Waals surface area contributed by atoms with Gasteiger partial charge in [-0.3, -0.25) is 9.63 Å². The van der Waals surface area contributed by atoms with Crippen LogP contribution in [-0.4, -0.2) is 60.4 Å². The summed E-state index contributed by atoms with van der Waals surface area (Å²) in [5, 5.41) is 9.46.